The number of aliphatic hydroxyl groups is 1. The quantitative estimate of drug-likeness (QED) is 0.891. The second kappa shape index (κ2) is 5.18. The monoisotopic (exact) mass is 286 g/mol. The highest BCUT2D eigenvalue weighted by molar-refractivity contribution is 5.92. The van der Waals surface area contributed by atoms with Gasteiger partial charge in [-0.25, -0.2) is 9.18 Å². The molecule has 1 heterocycles. The summed E-state index contributed by atoms with van der Waals surface area (Å²) in [6.45, 7) is 2.13. The lowest BCUT2D eigenvalue weighted by molar-refractivity contribution is 0.0262. The highest BCUT2D eigenvalue weighted by Crippen LogP contribution is 2.32. The first kappa shape index (κ1) is 13.6. The van der Waals surface area contributed by atoms with Gasteiger partial charge in [0.2, 0.25) is 0 Å². The van der Waals surface area contributed by atoms with Crippen LogP contribution >= 0.6 is 0 Å². The average molecular weight is 286 g/mol. The molecular weight excluding hydrogens is 271 g/mol. The molecule has 2 aromatic carbocycles. The molecule has 3 rings (SSSR count). The van der Waals surface area contributed by atoms with E-state index in [4.69, 9.17) is 0 Å². The van der Waals surface area contributed by atoms with E-state index in [-0.39, 0.29) is 18.4 Å². The number of carbonyl (C=O) groups is 1. The van der Waals surface area contributed by atoms with Crippen LogP contribution in [0.4, 0.5) is 14.9 Å². The van der Waals surface area contributed by atoms with Crippen molar-refractivity contribution in [2.45, 2.75) is 19.7 Å². The summed E-state index contributed by atoms with van der Waals surface area (Å²) in [5.74, 6) is -0.330. The number of aryl methyl sites for hydroxylation is 1. The van der Waals surface area contributed by atoms with Gasteiger partial charge in [0, 0.05) is 5.56 Å². The Kier molecular flexibility index (Phi) is 3.35. The van der Waals surface area contributed by atoms with Crippen LogP contribution in [0.3, 0.4) is 0 Å². The van der Waals surface area contributed by atoms with Crippen LogP contribution in [-0.2, 0) is 6.54 Å². The molecule has 0 spiro atoms. The van der Waals surface area contributed by atoms with Gasteiger partial charge in [0.1, 0.15) is 5.82 Å². The molecule has 1 aliphatic heterocycles. The molecule has 2 N–H and O–H groups in total. The number of carbonyl (C=O) groups excluding carboxylic acids is 1. The molecule has 0 aliphatic carbocycles. The first-order chi connectivity index (χ1) is 10.0. The Balaban J connectivity index is 1.89. The maximum absolute atomic E-state index is 12.9. The van der Waals surface area contributed by atoms with Gasteiger partial charge < -0.3 is 10.4 Å². The molecule has 1 aliphatic rings. The van der Waals surface area contributed by atoms with Crippen LogP contribution in [0.15, 0.2) is 42.5 Å². The molecule has 0 saturated heterocycles. The smallest absolute Gasteiger partial charge is 0.324 e. The van der Waals surface area contributed by atoms with E-state index < -0.39 is 6.23 Å². The normalized spacial score (nSPS) is 17.4. The minimum absolute atomic E-state index is 0.209. The van der Waals surface area contributed by atoms with Gasteiger partial charge in [-0.1, -0.05) is 23.8 Å². The van der Waals surface area contributed by atoms with Gasteiger partial charge in [-0.05, 0) is 36.8 Å². The fourth-order valence-corrected chi connectivity index (χ4v) is 2.42. The van der Waals surface area contributed by atoms with E-state index in [9.17, 15) is 14.3 Å². The first-order valence-electron chi connectivity index (χ1n) is 6.65. The van der Waals surface area contributed by atoms with Crippen molar-refractivity contribution >= 4 is 11.7 Å². The number of hydrogen-bond acceptors (Lipinski definition) is 2. The Morgan fingerprint density at radius 3 is 2.67 bits per heavy atom. The van der Waals surface area contributed by atoms with Crippen LogP contribution < -0.4 is 5.32 Å². The molecule has 0 fully saturated rings. The number of nitrogens with zero attached hydrogens (tertiary/aromatic N) is 1. The highest BCUT2D eigenvalue weighted by Gasteiger charge is 2.30. The fourth-order valence-electron chi connectivity index (χ4n) is 2.42. The van der Waals surface area contributed by atoms with Gasteiger partial charge in [0.25, 0.3) is 0 Å². The van der Waals surface area contributed by atoms with E-state index in [1.165, 1.54) is 17.0 Å². The van der Waals surface area contributed by atoms with E-state index in [0.29, 0.717) is 11.3 Å². The molecule has 5 heteroatoms. The van der Waals surface area contributed by atoms with Gasteiger partial charge in [0.15, 0.2) is 6.23 Å². The number of aliphatic hydroxyl groups excluding tert-OH is 1. The maximum atomic E-state index is 12.9. The lowest BCUT2D eigenvalue weighted by Gasteiger charge is -2.34. The molecule has 4 nitrogen and oxygen atoms in total. The zero-order valence-electron chi connectivity index (χ0n) is 11.5. The molecule has 108 valence electrons. The number of rotatable bonds is 2. The van der Waals surface area contributed by atoms with Crippen molar-refractivity contribution in [1.82, 2.24) is 4.90 Å². The zero-order valence-corrected chi connectivity index (χ0v) is 11.5. The number of anilines is 1. The van der Waals surface area contributed by atoms with Gasteiger partial charge in [-0.3, -0.25) is 4.90 Å². The molecule has 2 aromatic rings. The van der Waals surface area contributed by atoms with Crippen LogP contribution in [0.2, 0.25) is 0 Å². The second-order valence-electron chi connectivity index (χ2n) is 5.15. The summed E-state index contributed by atoms with van der Waals surface area (Å²) in [5.41, 5.74) is 3.04. The van der Waals surface area contributed by atoms with Crippen LogP contribution in [0.1, 0.15) is 22.9 Å². The molecule has 1 unspecified atom stereocenters. The van der Waals surface area contributed by atoms with Crippen LogP contribution in [0.5, 0.6) is 0 Å². The third kappa shape index (κ3) is 2.60. The van der Waals surface area contributed by atoms with Crippen molar-refractivity contribution in [2.24, 2.45) is 0 Å². The highest BCUT2D eigenvalue weighted by atomic mass is 19.1. The van der Waals surface area contributed by atoms with Crippen molar-refractivity contribution < 1.29 is 14.3 Å². The summed E-state index contributed by atoms with van der Waals surface area (Å²) in [6, 6.07) is 11.0. The molecule has 21 heavy (non-hydrogen) atoms. The van der Waals surface area contributed by atoms with E-state index >= 15 is 0 Å². The van der Waals surface area contributed by atoms with Crippen molar-refractivity contribution in [3.05, 3.63) is 65.0 Å². The Morgan fingerprint density at radius 1 is 1.24 bits per heavy atom. The van der Waals surface area contributed by atoms with E-state index in [0.717, 1.165) is 11.1 Å². The Morgan fingerprint density at radius 2 is 1.95 bits per heavy atom. The van der Waals surface area contributed by atoms with Crippen molar-refractivity contribution in [1.29, 1.82) is 0 Å². The van der Waals surface area contributed by atoms with E-state index in [1.54, 1.807) is 18.2 Å². The van der Waals surface area contributed by atoms with Gasteiger partial charge in [-0.2, -0.15) is 0 Å². The standard InChI is InChI=1S/C16H15FN2O2/c1-10-2-7-14-13(8-10)15(20)19(16(21)18-14)9-11-3-5-12(17)6-4-11/h2-8,15,20H,9H2,1H3,(H,18,21). The number of urea groups is 1. The van der Waals surface area contributed by atoms with Crippen LogP contribution in [-0.4, -0.2) is 16.0 Å². The van der Waals surface area contributed by atoms with E-state index in [2.05, 4.69) is 5.32 Å². The Bertz CT molecular complexity index is 685. The van der Waals surface area contributed by atoms with Gasteiger partial charge >= 0.3 is 6.03 Å². The Hall–Kier alpha value is -2.40. The van der Waals surface area contributed by atoms with E-state index in [1.807, 2.05) is 19.1 Å². The van der Waals surface area contributed by atoms with Crippen LogP contribution in [0, 0.1) is 12.7 Å². The molecule has 1 atom stereocenters. The zero-order chi connectivity index (χ0) is 15.0. The van der Waals surface area contributed by atoms with Crippen molar-refractivity contribution in [2.75, 3.05) is 5.32 Å². The summed E-state index contributed by atoms with van der Waals surface area (Å²) in [7, 11) is 0. The first-order valence-corrected chi connectivity index (χ1v) is 6.65. The number of amides is 2. The van der Waals surface area contributed by atoms with Gasteiger partial charge in [0.05, 0.1) is 12.2 Å². The molecule has 2 amide bonds. The predicted octanol–water partition coefficient (Wildman–Crippen LogP) is 3.17. The minimum atomic E-state index is -1.02. The average Bonchev–Trinajstić information content (AvgIpc) is 2.46. The summed E-state index contributed by atoms with van der Waals surface area (Å²) < 4.78 is 12.9. The molecule has 0 aromatic heterocycles. The molecule has 0 radical (unpaired) electrons. The summed E-state index contributed by atoms with van der Waals surface area (Å²) in [4.78, 5) is 13.4. The lowest BCUT2D eigenvalue weighted by Crippen LogP contribution is -2.41. The number of benzene rings is 2. The molecular formula is C16H15FN2O2. The largest absolute Gasteiger partial charge is 0.369 e. The topological polar surface area (TPSA) is 52.6 Å². The van der Waals surface area contributed by atoms with Crippen molar-refractivity contribution in [3.8, 4) is 0 Å². The minimum Gasteiger partial charge on any atom is -0.369 e. The maximum Gasteiger partial charge on any atom is 0.324 e. The predicted molar refractivity (Wildman–Crippen MR) is 77.1 cm³/mol. The molecule has 0 bridgehead atoms. The molecule has 0 saturated carbocycles. The summed E-state index contributed by atoms with van der Waals surface area (Å²) in [5, 5.41) is 13.2. The lowest BCUT2D eigenvalue weighted by atomic mass is 10.0. The number of halogens is 1. The van der Waals surface area contributed by atoms with Crippen molar-refractivity contribution in [3.63, 3.8) is 0 Å². The number of fused-ring (bicyclic) bond motifs is 1. The fraction of sp³-hybridized carbons (Fsp3) is 0.188. The summed E-state index contributed by atoms with van der Waals surface area (Å²) in [6.07, 6.45) is -1.02. The van der Waals surface area contributed by atoms with Crippen LogP contribution in [0.25, 0.3) is 0 Å². The third-order valence-electron chi connectivity index (χ3n) is 3.55. The number of nitrogens with one attached hydrogen (secondary N) is 1. The Labute approximate surface area is 121 Å². The number of hydrogen-bond donors (Lipinski definition) is 2. The second-order valence-corrected chi connectivity index (χ2v) is 5.15. The van der Waals surface area contributed by atoms with Gasteiger partial charge in [-0.15, -0.1) is 0 Å². The summed E-state index contributed by atoms with van der Waals surface area (Å²) >= 11 is 0. The SMILES string of the molecule is Cc1ccc2c(c1)C(O)N(Cc1ccc(F)cc1)C(=O)N2. The third-order valence-corrected chi connectivity index (χ3v) is 3.55.